The molecule has 1 aromatic heterocycles. The molecule has 0 aliphatic carbocycles. The number of halogens is 1. The van der Waals surface area contributed by atoms with E-state index in [1.54, 1.807) is 13.8 Å². The number of hydrogen-bond acceptors (Lipinski definition) is 5. The zero-order valence-electron chi connectivity index (χ0n) is 17.2. The largest absolute Gasteiger partial charge is 0.452 e. The van der Waals surface area contributed by atoms with E-state index in [4.69, 9.17) is 16.3 Å². The second kappa shape index (κ2) is 9.10. The molecule has 1 aromatic carbocycles. The van der Waals surface area contributed by atoms with Gasteiger partial charge in [0.15, 0.2) is 6.61 Å². The maximum Gasteiger partial charge on any atom is 0.343 e. The second-order valence-electron chi connectivity index (χ2n) is 7.49. The van der Waals surface area contributed by atoms with Crippen LogP contribution in [0.25, 0.3) is 0 Å². The van der Waals surface area contributed by atoms with E-state index in [2.05, 4.69) is 16.5 Å². The minimum absolute atomic E-state index is 0.108. The lowest BCUT2D eigenvalue weighted by Crippen LogP contribution is -2.50. The third-order valence-corrected chi connectivity index (χ3v) is 5.23. The third-order valence-electron chi connectivity index (χ3n) is 4.84. The Morgan fingerprint density at radius 3 is 2.48 bits per heavy atom. The Morgan fingerprint density at radius 2 is 1.93 bits per heavy atom. The number of benzene rings is 1. The number of carbonyl (C=O) groups is 2. The van der Waals surface area contributed by atoms with Gasteiger partial charge in [-0.1, -0.05) is 55.3 Å². The van der Waals surface area contributed by atoms with E-state index in [9.17, 15) is 14.9 Å². The molecule has 0 bridgehead atoms. The molecular weight excluding hydrogens is 392 g/mol. The molecule has 0 aliphatic heterocycles. The number of rotatable bonds is 7. The average Bonchev–Trinajstić information content (AvgIpc) is 2.94. The molecule has 0 radical (unpaired) electrons. The SMILES string of the molecule is Cc1ccc(Cn2nc(C)c(C(=O)OCC(=O)N[C@@](C)(C#N)C(C)C)c2Cl)cc1. The zero-order chi connectivity index (χ0) is 21.8. The highest BCUT2D eigenvalue weighted by atomic mass is 35.5. The molecule has 2 rings (SSSR count). The second-order valence-corrected chi connectivity index (χ2v) is 7.85. The Morgan fingerprint density at radius 1 is 1.31 bits per heavy atom. The molecule has 1 heterocycles. The van der Waals surface area contributed by atoms with Crippen LogP contribution in [0.15, 0.2) is 24.3 Å². The summed E-state index contributed by atoms with van der Waals surface area (Å²) < 4.78 is 6.62. The van der Waals surface area contributed by atoms with Crippen molar-refractivity contribution in [1.82, 2.24) is 15.1 Å². The van der Waals surface area contributed by atoms with Gasteiger partial charge in [-0.05, 0) is 32.3 Å². The van der Waals surface area contributed by atoms with Crippen LogP contribution < -0.4 is 5.32 Å². The summed E-state index contributed by atoms with van der Waals surface area (Å²) in [6, 6.07) is 9.97. The maximum absolute atomic E-state index is 12.5. The van der Waals surface area contributed by atoms with Crippen LogP contribution in [0.4, 0.5) is 0 Å². The van der Waals surface area contributed by atoms with E-state index in [-0.39, 0.29) is 16.6 Å². The van der Waals surface area contributed by atoms with Crippen molar-refractivity contribution in [3.63, 3.8) is 0 Å². The highest BCUT2D eigenvalue weighted by molar-refractivity contribution is 6.32. The van der Waals surface area contributed by atoms with Crippen LogP contribution in [0, 0.1) is 31.1 Å². The van der Waals surface area contributed by atoms with Crippen molar-refractivity contribution < 1.29 is 14.3 Å². The van der Waals surface area contributed by atoms with E-state index in [0.717, 1.165) is 11.1 Å². The number of aryl methyl sites for hydroxylation is 2. The quantitative estimate of drug-likeness (QED) is 0.697. The molecule has 0 aliphatic rings. The summed E-state index contributed by atoms with van der Waals surface area (Å²) in [7, 11) is 0. The number of aromatic nitrogens is 2. The Balaban J connectivity index is 2.06. The lowest BCUT2D eigenvalue weighted by molar-refractivity contribution is -0.125. The number of nitrogens with one attached hydrogen (secondary N) is 1. The molecule has 29 heavy (non-hydrogen) atoms. The fourth-order valence-corrected chi connectivity index (χ4v) is 2.90. The molecule has 1 N–H and O–H groups in total. The summed E-state index contributed by atoms with van der Waals surface area (Å²) in [4.78, 5) is 24.6. The Labute approximate surface area is 175 Å². The van der Waals surface area contributed by atoms with Crippen molar-refractivity contribution in [2.45, 2.75) is 46.7 Å². The van der Waals surface area contributed by atoms with E-state index >= 15 is 0 Å². The Kier molecular flexibility index (Phi) is 7.04. The first-order chi connectivity index (χ1) is 13.6. The fourth-order valence-electron chi connectivity index (χ4n) is 2.59. The summed E-state index contributed by atoms with van der Waals surface area (Å²) in [5.41, 5.74) is 1.62. The predicted octanol–water partition coefficient (Wildman–Crippen LogP) is 3.41. The number of carbonyl (C=O) groups excluding carboxylic acids is 2. The summed E-state index contributed by atoms with van der Waals surface area (Å²) >= 11 is 6.35. The monoisotopic (exact) mass is 416 g/mol. The van der Waals surface area contributed by atoms with Crippen molar-refractivity contribution in [2.24, 2.45) is 5.92 Å². The van der Waals surface area contributed by atoms with Crippen LogP contribution in [0.5, 0.6) is 0 Å². The van der Waals surface area contributed by atoms with E-state index < -0.39 is 24.0 Å². The van der Waals surface area contributed by atoms with Gasteiger partial charge in [-0.3, -0.25) is 4.79 Å². The van der Waals surface area contributed by atoms with Gasteiger partial charge in [0, 0.05) is 0 Å². The van der Waals surface area contributed by atoms with Gasteiger partial charge in [-0.2, -0.15) is 10.4 Å². The number of nitriles is 1. The van der Waals surface area contributed by atoms with Gasteiger partial charge in [0.2, 0.25) is 0 Å². The van der Waals surface area contributed by atoms with Crippen molar-refractivity contribution in [2.75, 3.05) is 6.61 Å². The number of esters is 1. The molecule has 0 saturated heterocycles. The van der Waals surface area contributed by atoms with Gasteiger partial charge in [-0.15, -0.1) is 0 Å². The van der Waals surface area contributed by atoms with Crippen LogP contribution in [-0.4, -0.2) is 33.8 Å². The molecule has 1 atom stereocenters. The molecular formula is C21H25ClN4O3. The highest BCUT2D eigenvalue weighted by Crippen LogP contribution is 2.22. The molecule has 154 valence electrons. The number of nitrogens with zero attached hydrogens (tertiary/aromatic N) is 3. The van der Waals surface area contributed by atoms with E-state index in [1.165, 1.54) is 4.68 Å². The first-order valence-electron chi connectivity index (χ1n) is 9.25. The molecule has 8 heteroatoms. The molecule has 1 amide bonds. The summed E-state index contributed by atoms with van der Waals surface area (Å²) in [5, 5.41) is 16.3. The van der Waals surface area contributed by atoms with Gasteiger partial charge < -0.3 is 10.1 Å². The van der Waals surface area contributed by atoms with Gasteiger partial charge in [-0.25, -0.2) is 9.48 Å². The minimum Gasteiger partial charge on any atom is -0.452 e. The summed E-state index contributed by atoms with van der Waals surface area (Å²) in [6.07, 6.45) is 0. The average molecular weight is 417 g/mol. The molecule has 0 spiro atoms. The molecule has 2 aromatic rings. The predicted molar refractivity (Wildman–Crippen MR) is 110 cm³/mol. The Hall–Kier alpha value is -2.85. The van der Waals surface area contributed by atoms with Crippen LogP contribution in [-0.2, 0) is 16.1 Å². The topological polar surface area (TPSA) is 97.0 Å². The van der Waals surface area contributed by atoms with Gasteiger partial charge in [0.05, 0.1) is 18.3 Å². The lowest BCUT2D eigenvalue weighted by atomic mass is 9.90. The van der Waals surface area contributed by atoms with Crippen molar-refractivity contribution in [3.8, 4) is 6.07 Å². The van der Waals surface area contributed by atoms with Crippen LogP contribution in [0.1, 0.15) is 48.0 Å². The van der Waals surface area contributed by atoms with Gasteiger partial charge in [0.25, 0.3) is 5.91 Å². The van der Waals surface area contributed by atoms with Crippen molar-refractivity contribution in [3.05, 3.63) is 51.8 Å². The molecule has 0 fully saturated rings. The first kappa shape index (κ1) is 22.4. The molecule has 7 nitrogen and oxygen atoms in total. The highest BCUT2D eigenvalue weighted by Gasteiger charge is 2.30. The van der Waals surface area contributed by atoms with Crippen molar-refractivity contribution in [1.29, 1.82) is 5.26 Å². The maximum atomic E-state index is 12.5. The van der Waals surface area contributed by atoms with E-state index in [1.807, 2.05) is 45.0 Å². The van der Waals surface area contributed by atoms with Crippen LogP contribution in [0.2, 0.25) is 5.15 Å². The van der Waals surface area contributed by atoms with E-state index in [0.29, 0.717) is 12.2 Å². The minimum atomic E-state index is -1.05. The standard InChI is InChI=1S/C21H25ClN4O3/c1-13(2)21(5,12-23)24-17(27)11-29-20(28)18-15(4)25-26(19(18)22)10-16-8-6-14(3)7-9-16/h6-9,13H,10-11H2,1-5H3,(H,24,27)/t21-/m0/s1. The van der Waals surface area contributed by atoms with Crippen molar-refractivity contribution >= 4 is 23.5 Å². The number of hydrogen-bond donors (Lipinski definition) is 1. The Bertz CT molecular complexity index is 944. The lowest BCUT2D eigenvalue weighted by Gasteiger charge is -2.27. The number of ether oxygens (including phenoxy) is 1. The van der Waals surface area contributed by atoms with Gasteiger partial charge >= 0.3 is 5.97 Å². The number of amides is 1. The summed E-state index contributed by atoms with van der Waals surface area (Å²) in [5.74, 6) is -1.40. The third kappa shape index (κ3) is 5.36. The molecule has 0 saturated carbocycles. The van der Waals surface area contributed by atoms with Crippen LogP contribution >= 0.6 is 11.6 Å². The molecule has 0 unspecified atom stereocenters. The fraction of sp³-hybridized carbons (Fsp3) is 0.429. The van der Waals surface area contributed by atoms with Gasteiger partial charge in [0.1, 0.15) is 16.3 Å². The smallest absolute Gasteiger partial charge is 0.343 e. The summed E-state index contributed by atoms with van der Waals surface area (Å²) in [6.45, 7) is 8.80. The zero-order valence-corrected chi connectivity index (χ0v) is 18.0. The van der Waals surface area contributed by atoms with Crippen LogP contribution in [0.3, 0.4) is 0 Å². The normalized spacial score (nSPS) is 12.9. The first-order valence-corrected chi connectivity index (χ1v) is 9.63.